The summed E-state index contributed by atoms with van der Waals surface area (Å²) < 4.78 is 55.5. The molecule has 1 unspecified atom stereocenters. The van der Waals surface area contributed by atoms with E-state index in [1.165, 1.54) is 12.1 Å². The number of aryl methyl sites for hydroxylation is 1. The van der Waals surface area contributed by atoms with Crippen molar-refractivity contribution < 1.29 is 37.0 Å². The van der Waals surface area contributed by atoms with Crippen LogP contribution in [0.3, 0.4) is 0 Å². The van der Waals surface area contributed by atoms with Crippen molar-refractivity contribution in [3.8, 4) is 17.2 Å². The fourth-order valence-corrected chi connectivity index (χ4v) is 3.98. The summed E-state index contributed by atoms with van der Waals surface area (Å²) in [7, 11) is 0. The molecule has 2 heterocycles. The highest BCUT2D eigenvalue weighted by Gasteiger charge is 2.31. The van der Waals surface area contributed by atoms with Gasteiger partial charge in [-0.2, -0.15) is 13.2 Å². The van der Waals surface area contributed by atoms with Gasteiger partial charge < -0.3 is 19.0 Å². The molecule has 1 fully saturated rings. The van der Waals surface area contributed by atoms with E-state index in [2.05, 4.69) is 4.98 Å². The third-order valence-corrected chi connectivity index (χ3v) is 5.80. The first-order chi connectivity index (χ1) is 16.6. The Labute approximate surface area is 200 Å². The zero-order chi connectivity index (χ0) is 25.2. The lowest BCUT2D eigenvalue weighted by Crippen LogP contribution is -2.49. The Bertz CT molecular complexity index is 1180. The van der Waals surface area contributed by atoms with Gasteiger partial charge in [-0.05, 0) is 55.8 Å². The monoisotopic (exact) mass is 490 g/mol. The van der Waals surface area contributed by atoms with Crippen LogP contribution in [-0.2, 0) is 22.3 Å². The second kappa shape index (κ2) is 10.1. The number of oxazole rings is 1. The van der Waals surface area contributed by atoms with Crippen LogP contribution in [0.25, 0.3) is 11.5 Å². The summed E-state index contributed by atoms with van der Waals surface area (Å²) in [5, 5.41) is 9.43. The number of carboxylic acids is 1. The summed E-state index contributed by atoms with van der Waals surface area (Å²) in [4.78, 5) is 17.8. The number of rotatable bonds is 7. The molecule has 1 aromatic heterocycles. The third kappa shape index (κ3) is 5.83. The minimum absolute atomic E-state index is 0.148. The first-order valence-corrected chi connectivity index (χ1v) is 11.1. The van der Waals surface area contributed by atoms with E-state index in [1.807, 2.05) is 23.1 Å². The largest absolute Gasteiger partial charge is 0.484 e. The zero-order valence-corrected chi connectivity index (χ0v) is 19.2. The number of ether oxygens (including phenoxy) is 2. The average Bonchev–Trinajstić information content (AvgIpc) is 3.21. The minimum atomic E-state index is -4.41. The standard InChI is InChI=1S/C25H25F3N2O5/c1-15(22-16(2)35-23(29-22)18-6-8-19(9-7-18)25(26,27)28)34-20-5-3-4-17(12-20)13-30-10-11-33-14-21(30)24(31)32/h3-9,12,15,21H,10-11,13-14H2,1-2H3,(H,31,32)/t15?,21-/m0/s1. The van der Waals surface area contributed by atoms with E-state index in [4.69, 9.17) is 13.9 Å². The molecule has 2 aromatic carbocycles. The number of halogens is 3. The van der Waals surface area contributed by atoms with Crippen LogP contribution in [0.5, 0.6) is 5.75 Å². The second-order valence-corrected chi connectivity index (χ2v) is 8.34. The second-order valence-electron chi connectivity index (χ2n) is 8.34. The molecule has 35 heavy (non-hydrogen) atoms. The van der Waals surface area contributed by atoms with E-state index in [0.29, 0.717) is 42.5 Å². The van der Waals surface area contributed by atoms with Crippen LogP contribution in [0.2, 0.25) is 0 Å². The predicted molar refractivity (Wildman–Crippen MR) is 120 cm³/mol. The van der Waals surface area contributed by atoms with Gasteiger partial charge in [0.25, 0.3) is 0 Å². The van der Waals surface area contributed by atoms with Crippen LogP contribution in [0.15, 0.2) is 52.9 Å². The van der Waals surface area contributed by atoms with Crippen molar-refractivity contribution in [1.29, 1.82) is 0 Å². The summed E-state index contributed by atoms with van der Waals surface area (Å²) in [6.07, 6.45) is -4.91. The Morgan fingerprint density at radius 1 is 1.26 bits per heavy atom. The highest BCUT2D eigenvalue weighted by Crippen LogP contribution is 2.32. The van der Waals surface area contributed by atoms with Gasteiger partial charge in [-0.25, -0.2) is 4.98 Å². The molecule has 4 rings (SSSR count). The molecular weight excluding hydrogens is 465 g/mol. The molecule has 1 aliphatic rings. The summed E-state index contributed by atoms with van der Waals surface area (Å²) in [6.45, 7) is 5.10. The smallest absolute Gasteiger partial charge is 0.416 e. The summed E-state index contributed by atoms with van der Waals surface area (Å²) >= 11 is 0. The molecule has 1 saturated heterocycles. The molecule has 3 aromatic rings. The van der Waals surface area contributed by atoms with Gasteiger partial charge >= 0.3 is 12.1 Å². The van der Waals surface area contributed by atoms with E-state index >= 15 is 0 Å². The molecule has 0 amide bonds. The summed E-state index contributed by atoms with van der Waals surface area (Å²) in [6, 6.07) is 11.3. The number of nitrogens with zero attached hydrogens (tertiary/aromatic N) is 2. The lowest BCUT2D eigenvalue weighted by molar-refractivity contribution is -0.150. The number of carboxylic acid groups (broad SMARTS) is 1. The molecule has 2 atom stereocenters. The number of morpholine rings is 1. The Balaban J connectivity index is 1.46. The van der Waals surface area contributed by atoms with Crippen molar-refractivity contribution in [2.24, 2.45) is 0 Å². The predicted octanol–water partition coefficient (Wildman–Crippen LogP) is 5.09. The Morgan fingerprint density at radius 2 is 2.00 bits per heavy atom. The fourth-order valence-electron chi connectivity index (χ4n) is 3.98. The van der Waals surface area contributed by atoms with Gasteiger partial charge in [-0.1, -0.05) is 12.1 Å². The van der Waals surface area contributed by atoms with Crippen molar-refractivity contribution in [2.75, 3.05) is 19.8 Å². The van der Waals surface area contributed by atoms with Gasteiger partial charge in [0.2, 0.25) is 5.89 Å². The van der Waals surface area contributed by atoms with Crippen LogP contribution in [0.4, 0.5) is 13.2 Å². The highest BCUT2D eigenvalue weighted by atomic mass is 19.4. The average molecular weight is 490 g/mol. The van der Waals surface area contributed by atoms with Gasteiger partial charge in [0.05, 0.1) is 18.8 Å². The van der Waals surface area contributed by atoms with Crippen LogP contribution < -0.4 is 4.74 Å². The van der Waals surface area contributed by atoms with E-state index in [-0.39, 0.29) is 12.5 Å². The van der Waals surface area contributed by atoms with Crippen molar-refractivity contribution >= 4 is 5.97 Å². The molecule has 7 nitrogen and oxygen atoms in total. The van der Waals surface area contributed by atoms with Gasteiger partial charge in [-0.3, -0.25) is 9.69 Å². The lowest BCUT2D eigenvalue weighted by atomic mass is 10.1. The quantitative estimate of drug-likeness (QED) is 0.494. The molecular formula is C25H25F3N2O5. The molecule has 0 bridgehead atoms. The summed E-state index contributed by atoms with van der Waals surface area (Å²) in [5.74, 6) is 0.369. The number of benzene rings is 2. The van der Waals surface area contributed by atoms with E-state index in [9.17, 15) is 23.1 Å². The number of aromatic nitrogens is 1. The van der Waals surface area contributed by atoms with Crippen molar-refractivity contribution in [1.82, 2.24) is 9.88 Å². The molecule has 1 N–H and O–H groups in total. The maximum atomic E-state index is 12.8. The molecule has 10 heteroatoms. The van der Waals surface area contributed by atoms with Gasteiger partial charge in [0, 0.05) is 18.7 Å². The van der Waals surface area contributed by atoms with E-state index in [0.717, 1.165) is 17.7 Å². The Hall–Kier alpha value is -3.37. The maximum Gasteiger partial charge on any atom is 0.416 e. The van der Waals surface area contributed by atoms with Crippen molar-refractivity contribution in [3.05, 3.63) is 71.1 Å². The lowest BCUT2D eigenvalue weighted by Gasteiger charge is -2.32. The number of hydrogen-bond acceptors (Lipinski definition) is 6. The van der Waals surface area contributed by atoms with Gasteiger partial charge in [0.1, 0.15) is 29.3 Å². The number of alkyl halides is 3. The number of hydrogen-bond donors (Lipinski definition) is 1. The first kappa shape index (κ1) is 24.7. The van der Waals surface area contributed by atoms with Gasteiger partial charge in [-0.15, -0.1) is 0 Å². The van der Waals surface area contributed by atoms with Crippen molar-refractivity contribution in [3.63, 3.8) is 0 Å². The molecule has 186 valence electrons. The molecule has 0 aliphatic carbocycles. The molecule has 0 spiro atoms. The van der Waals surface area contributed by atoms with Crippen LogP contribution >= 0.6 is 0 Å². The maximum absolute atomic E-state index is 12.8. The van der Waals surface area contributed by atoms with Gasteiger partial charge in [0.15, 0.2) is 0 Å². The zero-order valence-electron chi connectivity index (χ0n) is 19.2. The van der Waals surface area contributed by atoms with E-state index in [1.54, 1.807) is 19.9 Å². The Morgan fingerprint density at radius 3 is 2.69 bits per heavy atom. The highest BCUT2D eigenvalue weighted by molar-refractivity contribution is 5.73. The minimum Gasteiger partial charge on any atom is -0.484 e. The van der Waals surface area contributed by atoms with Crippen LogP contribution in [0, 0.1) is 6.92 Å². The molecule has 1 aliphatic heterocycles. The summed E-state index contributed by atoms with van der Waals surface area (Å²) in [5.41, 5.74) is 1.11. The number of aliphatic carboxylic acids is 1. The third-order valence-electron chi connectivity index (χ3n) is 5.80. The SMILES string of the molecule is Cc1oc(-c2ccc(C(F)(F)F)cc2)nc1C(C)Oc1cccc(CN2CCOC[C@H]2C(=O)O)c1. The van der Waals surface area contributed by atoms with Crippen molar-refractivity contribution in [2.45, 2.75) is 38.7 Å². The van der Waals surface area contributed by atoms with E-state index < -0.39 is 29.9 Å². The normalized spacial score (nSPS) is 17.8. The molecule has 0 saturated carbocycles. The Kier molecular flexibility index (Phi) is 7.13. The van der Waals surface area contributed by atoms with Crippen LogP contribution in [0.1, 0.15) is 35.6 Å². The topological polar surface area (TPSA) is 85.0 Å². The first-order valence-electron chi connectivity index (χ1n) is 11.1. The fraction of sp³-hybridized carbons (Fsp3) is 0.360. The molecule has 0 radical (unpaired) electrons. The number of carbonyl (C=O) groups is 1. The van der Waals surface area contributed by atoms with Crippen LogP contribution in [-0.4, -0.2) is 46.8 Å².